The lowest BCUT2D eigenvalue weighted by Crippen LogP contribution is -2.51. The molecule has 0 aromatic carbocycles. The average molecular weight is 262 g/mol. The van der Waals surface area contributed by atoms with Gasteiger partial charge in [0.2, 0.25) is 0 Å². The Balaban J connectivity index is 1.73. The van der Waals surface area contributed by atoms with Crippen molar-refractivity contribution in [1.82, 2.24) is 15.3 Å². The topological polar surface area (TPSA) is 50.3 Å². The van der Waals surface area contributed by atoms with E-state index in [0.29, 0.717) is 6.04 Å². The number of aryl methyl sites for hydroxylation is 2. The molecule has 0 amide bonds. The zero-order valence-electron chi connectivity index (χ0n) is 11.7. The molecule has 1 aliphatic heterocycles. The van der Waals surface area contributed by atoms with Crippen LogP contribution in [0.25, 0.3) is 0 Å². The number of hydrogen-bond donors (Lipinski definition) is 1. The molecule has 2 fully saturated rings. The van der Waals surface area contributed by atoms with Gasteiger partial charge in [-0.15, -0.1) is 0 Å². The number of hydrogen-bond acceptors (Lipinski definition) is 5. The number of anilines is 1. The van der Waals surface area contributed by atoms with Crippen molar-refractivity contribution < 1.29 is 4.74 Å². The lowest BCUT2D eigenvalue weighted by atomic mass is 10.2. The van der Waals surface area contributed by atoms with E-state index in [1.807, 2.05) is 13.8 Å². The van der Waals surface area contributed by atoms with Gasteiger partial charge >= 0.3 is 0 Å². The van der Waals surface area contributed by atoms with E-state index in [0.717, 1.165) is 49.7 Å². The predicted molar refractivity (Wildman–Crippen MR) is 74.5 cm³/mol. The Morgan fingerprint density at radius 2 is 2.21 bits per heavy atom. The molecule has 3 rings (SSSR count). The molecule has 1 unspecified atom stereocenters. The first-order chi connectivity index (χ1) is 9.22. The van der Waals surface area contributed by atoms with Gasteiger partial charge in [-0.1, -0.05) is 0 Å². The third-order valence-corrected chi connectivity index (χ3v) is 3.69. The van der Waals surface area contributed by atoms with Gasteiger partial charge in [0.05, 0.1) is 19.3 Å². The largest absolute Gasteiger partial charge is 0.377 e. The molecule has 1 aromatic rings. The van der Waals surface area contributed by atoms with Gasteiger partial charge in [0.25, 0.3) is 0 Å². The van der Waals surface area contributed by atoms with Gasteiger partial charge in [0.15, 0.2) is 0 Å². The standard InChI is InChI=1S/C14H22N4O/c1-10-7-14(17-11(2)16-10)18-5-6-19-9-13(18)8-15-12-3-4-12/h7,12-13,15H,3-6,8-9H2,1-2H3. The molecule has 5 nitrogen and oxygen atoms in total. The van der Waals surface area contributed by atoms with E-state index >= 15 is 0 Å². The van der Waals surface area contributed by atoms with Crippen LogP contribution in [-0.4, -0.2) is 48.4 Å². The van der Waals surface area contributed by atoms with Crippen LogP contribution >= 0.6 is 0 Å². The Morgan fingerprint density at radius 3 is 2.95 bits per heavy atom. The van der Waals surface area contributed by atoms with Crippen molar-refractivity contribution in [3.05, 3.63) is 17.6 Å². The summed E-state index contributed by atoms with van der Waals surface area (Å²) in [5.74, 6) is 1.88. The maximum Gasteiger partial charge on any atom is 0.132 e. The molecule has 0 spiro atoms. The van der Waals surface area contributed by atoms with Crippen LogP contribution in [0.15, 0.2) is 6.07 Å². The SMILES string of the molecule is Cc1cc(N2CCOCC2CNC2CC2)nc(C)n1. The van der Waals surface area contributed by atoms with E-state index < -0.39 is 0 Å². The van der Waals surface area contributed by atoms with Crippen molar-refractivity contribution in [3.63, 3.8) is 0 Å². The summed E-state index contributed by atoms with van der Waals surface area (Å²) in [6.07, 6.45) is 2.64. The van der Waals surface area contributed by atoms with Gasteiger partial charge in [0.1, 0.15) is 11.6 Å². The lowest BCUT2D eigenvalue weighted by molar-refractivity contribution is 0.0932. The van der Waals surface area contributed by atoms with Gasteiger partial charge in [0, 0.05) is 30.9 Å². The van der Waals surface area contributed by atoms with Crippen molar-refractivity contribution >= 4 is 5.82 Å². The lowest BCUT2D eigenvalue weighted by Gasteiger charge is -2.36. The minimum absolute atomic E-state index is 0.378. The molecule has 1 aromatic heterocycles. The van der Waals surface area contributed by atoms with Crippen LogP contribution in [0.5, 0.6) is 0 Å². The predicted octanol–water partition coefficient (Wildman–Crippen LogP) is 1.05. The van der Waals surface area contributed by atoms with Crippen LogP contribution in [0.1, 0.15) is 24.4 Å². The Morgan fingerprint density at radius 1 is 1.37 bits per heavy atom. The Hall–Kier alpha value is -1.20. The molecule has 1 N–H and O–H groups in total. The molecule has 5 heteroatoms. The van der Waals surface area contributed by atoms with E-state index in [-0.39, 0.29) is 0 Å². The van der Waals surface area contributed by atoms with E-state index in [9.17, 15) is 0 Å². The first-order valence-electron chi connectivity index (χ1n) is 7.12. The van der Waals surface area contributed by atoms with Crippen LogP contribution in [0, 0.1) is 13.8 Å². The van der Waals surface area contributed by atoms with E-state index in [1.54, 1.807) is 0 Å². The summed E-state index contributed by atoms with van der Waals surface area (Å²) >= 11 is 0. The number of ether oxygens (including phenoxy) is 1. The van der Waals surface area contributed by atoms with Crippen molar-refractivity contribution in [2.24, 2.45) is 0 Å². The fourth-order valence-corrected chi connectivity index (χ4v) is 2.56. The van der Waals surface area contributed by atoms with Crippen LogP contribution in [0.2, 0.25) is 0 Å². The molecular formula is C14H22N4O. The van der Waals surface area contributed by atoms with Crippen LogP contribution in [0.3, 0.4) is 0 Å². The maximum absolute atomic E-state index is 5.62. The molecule has 1 aliphatic carbocycles. The van der Waals surface area contributed by atoms with E-state index in [2.05, 4.69) is 26.3 Å². The average Bonchev–Trinajstić information content (AvgIpc) is 3.19. The Kier molecular flexibility index (Phi) is 3.66. The molecule has 0 radical (unpaired) electrons. The maximum atomic E-state index is 5.62. The highest BCUT2D eigenvalue weighted by Crippen LogP contribution is 2.21. The molecule has 2 aliphatic rings. The van der Waals surface area contributed by atoms with Crippen molar-refractivity contribution in [2.45, 2.75) is 38.8 Å². The van der Waals surface area contributed by atoms with Gasteiger partial charge in [-0.25, -0.2) is 9.97 Å². The Bertz CT molecular complexity index is 427. The van der Waals surface area contributed by atoms with Gasteiger partial charge in [-0.3, -0.25) is 0 Å². The number of rotatable bonds is 4. The number of morpholine rings is 1. The number of nitrogens with one attached hydrogen (secondary N) is 1. The quantitative estimate of drug-likeness (QED) is 0.879. The summed E-state index contributed by atoms with van der Waals surface area (Å²) in [5, 5.41) is 3.59. The van der Waals surface area contributed by atoms with Crippen LogP contribution in [0.4, 0.5) is 5.82 Å². The molecular weight excluding hydrogens is 240 g/mol. The summed E-state index contributed by atoms with van der Waals surface area (Å²) in [6, 6.07) is 3.18. The highest BCUT2D eigenvalue weighted by atomic mass is 16.5. The van der Waals surface area contributed by atoms with E-state index in [1.165, 1.54) is 12.8 Å². The number of nitrogens with zero attached hydrogens (tertiary/aromatic N) is 3. The normalized spacial score (nSPS) is 23.7. The molecule has 1 saturated carbocycles. The summed E-state index contributed by atoms with van der Waals surface area (Å²) in [4.78, 5) is 11.3. The van der Waals surface area contributed by atoms with Gasteiger partial charge < -0.3 is 15.0 Å². The zero-order valence-corrected chi connectivity index (χ0v) is 11.7. The van der Waals surface area contributed by atoms with Crippen molar-refractivity contribution in [3.8, 4) is 0 Å². The first-order valence-corrected chi connectivity index (χ1v) is 7.12. The monoisotopic (exact) mass is 262 g/mol. The summed E-state index contributed by atoms with van der Waals surface area (Å²) < 4.78 is 5.62. The van der Waals surface area contributed by atoms with Crippen molar-refractivity contribution in [1.29, 1.82) is 0 Å². The van der Waals surface area contributed by atoms with Crippen molar-refractivity contribution in [2.75, 3.05) is 31.2 Å². The second kappa shape index (κ2) is 5.43. The van der Waals surface area contributed by atoms with Crippen LogP contribution < -0.4 is 10.2 Å². The summed E-state index contributed by atoms with van der Waals surface area (Å²) in [6.45, 7) is 7.42. The van der Waals surface area contributed by atoms with Gasteiger partial charge in [-0.05, 0) is 26.7 Å². The molecule has 104 valence electrons. The Labute approximate surface area is 114 Å². The number of aromatic nitrogens is 2. The third-order valence-electron chi connectivity index (χ3n) is 3.69. The summed E-state index contributed by atoms with van der Waals surface area (Å²) in [7, 11) is 0. The highest BCUT2D eigenvalue weighted by molar-refractivity contribution is 5.41. The van der Waals surface area contributed by atoms with E-state index in [4.69, 9.17) is 4.74 Å². The zero-order chi connectivity index (χ0) is 13.2. The first kappa shape index (κ1) is 12.8. The van der Waals surface area contributed by atoms with Gasteiger partial charge in [-0.2, -0.15) is 0 Å². The summed E-state index contributed by atoms with van der Waals surface area (Å²) in [5.41, 5.74) is 1.03. The minimum atomic E-state index is 0.378. The molecule has 2 heterocycles. The molecule has 19 heavy (non-hydrogen) atoms. The molecule has 1 atom stereocenters. The fraction of sp³-hybridized carbons (Fsp3) is 0.714. The second-order valence-electron chi connectivity index (χ2n) is 5.52. The molecule has 1 saturated heterocycles. The second-order valence-corrected chi connectivity index (χ2v) is 5.52. The third kappa shape index (κ3) is 3.22. The van der Waals surface area contributed by atoms with Crippen LogP contribution in [-0.2, 0) is 4.74 Å². The highest BCUT2D eigenvalue weighted by Gasteiger charge is 2.27. The minimum Gasteiger partial charge on any atom is -0.377 e. The molecule has 0 bridgehead atoms. The fourth-order valence-electron chi connectivity index (χ4n) is 2.56. The smallest absolute Gasteiger partial charge is 0.132 e.